The molecule has 3 heteroatoms. The summed E-state index contributed by atoms with van der Waals surface area (Å²) >= 11 is 0. The molecule has 3 nitrogen and oxygen atoms in total. The fraction of sp³-hybridized carbons (Fsp3) is 0.875. The molecule has 3 saturated carbocycles. The van der Waals surface area contributed by atoms with Crippen LogP contribution in [0.1, 0.15) is 53.4 Å². The molecule has 3 aliphatic carbocycles. The molecular formula is C16H24O3. The molecule has 0 aromatic heterocycles. The molecule has 0 aliphatic heterocycles. The van der Waals surface area contributed by atoms with Crippen LogP contribution in [0.4, 0.5) is 0 Å². The van der Waals surface area contributed by atoms with Gasteiger partial charge in [0, 0.05) is 31.1 Å². The van der Waals surface area contributed by atoms with E-state index < -0.39 is 0 Å². The second-order valence-corrected chi connectivity index (χ2v) is 7.87. The Bertz CT molecular complexity index is 439. The minimum Gasteiger partial charge on any atom is -0.462 e. The van der Waals surface area contributed by atoms with Crippen LogP contribution in [0, 0.1) is 28.6 Å². The first kappa shape index (κ1) is 13.1. The maximum absolute atomic E-state index is 11.8. The van der Waals surface area contributed by atoms with Crippen molar-refractivity contribution >= 4 is 11.8 Å². The van der Waals surface area contributed by atoms with E-state index in [2.05, 4.69) is 20.8 Å². The molecule has 0 bridgehead atoms. The standard InChI is InChI=1S/C16H24O3/c1-9(17)19-14-13-10(7-15(14,2)3)5-11-6-12(18)8-16(11,13)4/h10-11,13-14H,5-8H2,1-4H3/t10-,11-,13-,14+,16+/m0/s1. The molecule has 0 spiro atoms. The van der Waals surface area contributed by atoms with Crippen molar-refractivity contribution in [2.75, 3.05) is 0 Å². The van der Waals surface area contributed by atoms with Crippen molar-refractivity contribution < 1.29 is 14.3 Å². The molecule has 3 aliphatic rings. The molecule has 0 N–H and O–H groups in total. The zero-order chi connectivity index (χ0) is 14.0. The molecule has 19 heavy (non-hydrogen) atoms. The van der Waals surface area contributed by atoms with Crippen LogP contribution in [0.2, 0.25) is 0 Å². The smallest absolute Gasteiger partial charge is 0.302 e. The van der Waals surface area contributed by atoms with E-state index in [1.54, 1.807) is 0 Å². The summed E-state index contributed by atoms with van der Waals surface area (Å²) in [5.41, 5.74) is 0.107. The summed E-state index contributed by atoms with van der Waals surface area (Å²) in [6.45, 7) is 8.16. The van der Waals surface area contributed by atoms with Crippen LogP contribution < -0.4 is 0 Å². The van der Waals surface area contributed by atoms with Crippen molar-refractivity contribution in [2.45, 2.75) is 59.5 Å². The summed E-state index contributed by atoms with van der Waals surface area (Å²) in [4.78, 5) is 23.3. The Hall–Kier alpha value is -0.860. The normalized spacial score (nSPS) is 47.1. The van der Waals surface area contributed by atoms with Gasteiger partial charge in [-0.15, -0.1) is 0 Å². The number of hydrogen-bond donors (Lipinski definition) is 0. The lowest BCUT2D eigenvalue weighted by atomic mass is 9.71. The fourth-order valence-corrected chi connectivity index (χ4v) is 5.44. The maximum atomic E-state index is 11.8. The first-order valence-electron chi connectivity index (χ1n) is 7.43. The molecule has 0 aromatic carbocycles. The number of ether oxygens (including phenoxy) is 1. The third-order valence-corrected chi connectivity index (χ3v) is 6.02. The zero-order valence-electron chi connectivity index (χ0n) is 12.4. The summed E-state index contributed by atoms with van der Waals surface area (Å²) in [6, 6.07) is 0. The van der Waals surface area contributed by atoms with Gasteiger partial charge in [-0.1, -0.05) is 20.8 Å². The quantitative estimate of drug-likeness (QED) is 0.684. The molecule has 0 aromatic rings. The monoisotopic (exact) mass is 264 g/mol. The van der Waals surface area contributed by atoms with Gasteiger partial charge in [-0.25, -0.2) is 0 Å². The molecule has 0 heterocycles. The summed E-state index contributed by atoms with van der Waals surface area (Å²) in [5.74, 6) is 1.74. The van der Waals surface area contributed by atoms with Crippen molar-refractivity contribution in [3.63, 3.8) is 0 Å². The van der Waals surface area contributed by atoms with Crippen molar-refractivity contribution in [1.29, 1.82) is 0 Å². The lowest BCUT2D eigenvalue weighted by Gasteiger charge is -2.38. The van der Waals surface area contributed by atoms with Crippen molar-refractivity contribution in [3.8, 4) is 0 Å². The molecule has 0 unspecified atom stereocenters. The van der Waals surface area contributed by atoms with Gasteiger partial charge in [0.15, 0.2) is 0 Å². The van der Waals surface area contributed by atoms with Crippen LogP contribution >= 0.6 is 0 Å². The van der Waals surface area contributed by atoms with E-state index in [1.165, 1.54) is 6.92 Å². The van der Waals surface area contributed by atoms with Crippen LogP contribution in [0.5, 0.6) is 0 Å². The fourth-order valence-electron chi connectivity index (χ4n) is 5.44. The highest BCUT2D eigenvalue weighted by Crippen LogP contribution is 2.67. The lowest BCUT2D eigenvalue weighted by molar-refractivity contribution is -0.156. The Labute approximate surface area is 115 Å². The molecule has 0 saturated heterocycles. The number of hydrogen-bond acceptors (Lipinski definition) is 3. The predicted molar refractivity (Wildman–Crippen MR) is 71.4 cm³/mol. The van der Waals surface area contributed by atoms with Gasteiger partial charge in [0.1, 0.15) is 11.9 Å². The van der Waals surface area contributed by atoms with E-state index in [0.717, 1.165) is 19.3 Å². The van der Waals surface area contributed by atoms with Gasteiger partial charge in [-0.2, -0.15) is 0 Å². The number of fused-ring (bicyclic) bond motifs is 3. The first-order chi connectivity index (χ1) is 8.74. The van der Waals surface area contributed by atoms with Crippen LogP contribution in [0.15, 0.2) is 0 Å². The van der Waals surface area contributed by atoms with E-state index in [-0.39, 0.29) is 22.9 Å². The van der Waals surface area contributed by atoms with Gasteiger partial charge in [-0.3, -0.25) is 9.59 Å². The third kappa shape index (κ3) is 1.77. The van der Waals surface area contributed by atoms with Gasteiger partial charge >= 0.3 is 5.97 Å². The van der Waals surface area contributed by atoms with Gasteiger partial charge in [0.25, 0.3) is 0 Å². The number of carbonyl (C=O) groups is 2. The summed E-state index contributed by atoms with van der Waals surface area (Å²) in [7, 11) is 0. The van der Waals surface area contributed by atoms with Crippen molar-refractivity contribution in [1.82, 2.24) is 0 Å². The summed E-state index contributed by atoms with van der Waals surface area (Å²) < 4.78 is 5.70. The molecule has 3 rings (SSSR count). The summed E-state index contributed by atoms with van der Waals surface area (Å²) in [6.07, 6.45) is 3.68. The third-order valence-electron chi connectivity index (χ3n) is 6.02. The number of carbonyl (C=O) groups excluding carboxylic acids is 2. The number of rotatable bonds is 1. The Balaban J connectivity index is 1.95. The predicted octanol–water partition coefficient (Wildman–Crippen LogP) is 2.97. The van der Waals surface area contributed by atoms with Gasteiger partial charge < -0.3 is 4.74 Å². The number of Topliss-reactive ketones (excluding diaryl/α,β-unsaturated/α-hetero) is 1. The van der Waals surface area contributed by atoms with Gasteiger partial charge in [-0.05, 0) is 30.1 Å². The molecule has 106 valence electrons. The second-order valence-electron chi connectivity index (χ2n) is 7.87. The highest BCUT2D eigenvalue weighted by molar-refractivity contribution is 5.82. The molecule has 0 amide bonds. The Morgan fingerprint density at radius 3 is 2.63 bits per heavy atom. The van der Waals surface area contributed by atoms with Crippen molar-refractivity contribution in [3.05, 3.63) is 0 Å². The largest absolute Gasteiger partial charge is 0.462 e. The Morgan fingerprint density at radius 2 is 2.00 bits per heavy atom. The zero-order valence-corrected chi connectivity index (χ0v) is 12.4. The highest BCUT2D eigenvalue weighted by Gasteiger charge is 2.65. The van der Waals surface area contributed by atoms with E-state index in [1.807, 2.05) is 0 Å². The van der Waals surface area contributed by atoms with E-state index in [9.17, 15) is 9.59 Å². The van der Waals surface area contributed by atoms with Crippen LogP contribution in [-0.4, -0.2) is 17.9 Å². The molecule has 0 radical (unpaired) electrons. The first-order valence-corrected chi connectivity index (χ1v) is 7.43. The lowest BCUT2D eigenvalue weighted by Crippen LogP contribution is -2.40. The average molecular weight is 264 g/mol. The summed E-state index contributed by atoms with van der Waals surface area (Å²) in [5, 5.41) is 0. The second kappa shape index (κ2) is 3.83. The van der Waals surface area contributed by atoms with Gasteiger partial charge in [0.2, 0.25) is 0 Å². The van der Waals surface area contributed by atoms with Gasteiger partial charge in [0.05, 0.1) is 0 Å². The Kier molecular flexibility index (Phi) is 2.65. The minimum atomic E-state index is -0.185. The molecule has 3 fully saturated rings. The molecular weight excluding hydrogens is 240 g/mol. The maximum Gasteiger partial charge on any atom is 0.302 e. The van der Waals surface area contributed by atoms with E-state index >= 15 is 0 Å². The van der Waals surface area contributed by atoms with Crippen molar-refractivity contribution in [2.24, 2.45) is 28.6 Å². The SMILES string of the molecule is CC(=O)O[C@@H]1[C@@H]2[C@@H](C[C@H]3CC(=O)C[C@]32C)CC1(C)C. The van der Waals surface area contributed by atoms with E-state index in [0.29, 0.717) is 30.0 Å². The minimum absolute atomic E-state index is 0.0177. The number of esters is 1. The molecule has 5 atom stereocenters. The highest BCUT2D eigenvalue weighted by atomic mass is 16.5. The number of ketones is 1. The Morgan fingerprint density at radius 1 is 1.32 bits per heavy atom. The van der Waals surface area contributed by atoms with E-state index in [4.69, 9.17) is 4.74 Å². The van der Waals surface area contributed by atoms with Crippen LogP contribution in [-0.2, 0) is 14.3 Å². The van der Waals surface area contributed by atoms with Crippen LogP contribution in [0.25, 0.3) is 0 Å². The van der Waals surface area contributed by atoms with Crippen LogP contribution in [0.3, 0.4) is 0 Å². The topological polar surface area (TPSA) is 43.4 Å². The average Bonchev–Trinajstić information content (AvgIpc) is 2.71.